The Hall–Kier alpha value is -3.78. The number of ether oxygens (including phenoxy) is 3. The lowest BCUT2D eigenvalue weighted by molar-refractivity contribution is 0.154. The molecule has 0 unspecified atom stereocenters. The van der Waals surface area contributed by atoms with Gasteiger partial charge in [-0.25, -0.2) is 4.52 Å². The largest absolute Gasteiger partial charge is 0.497 e. The molecular weight excluding hydrogens is 398 g/mol. The number of aliphatic hydroxyl groups excluding tert-OH is 1. The van der Waals surface area contributed by atoms with Gasteiger partial charge in [-0.3, -0.25) is 4.79 Å². The normalized spacial score (nSPS) is 12.0. The molecule has 0 amide bonds. The van der Waals surface area contributed by atoms with E-state index in [1.165, 1.54) is 16.2 Å². The van der Waals surface area contributed by atoms with Crippen LogP contribution in [-0.2, 0) is 6.54 Å². The molecule has 0 aliphatic carbocycles. The highest BCUT2D eigenvalue weighted by atomic mass is 16.5. The Morgan fingerprint density at radius 2 is 1.77 bits per heavy atom. The predicted octanol–water partition coefficient (Wildman–Crippen LogP) is 2.92. The third-order valence-electron chi connectivity index (χ3n) is 5.13. The fourth-order valence-electron chi connectivity index (χ4n) is 3.45. The van der Waals surface area contributed by atoms with E-state index in [0.29, 0.717) is 34.0 Å². The van der Waals surface area contributed by atoms with Gasteiger partial charge >= 0.3 is 0 Å². The van der Waals surface area contributed by atoms with Crippen LogP contribution < -0.4 is 19.8 Å². The van der Waals surface area contributed by atoms with Gasteiger partial charge in [0, 0.05) is 18.0 Å². The van der Waals surface area contributed by atoms with E-state index < -0.39 is 6.10 Å². The first kappa shape index (κ1) is 20.5. The van der Waals surface area contributed by atoms with Crippen molar-refractivity contribution in [2.24, 2.45) is 0 Å². The minimum atomic E-state index is -0.902. The maximum absolute atomic E-state index is 13.0. The average molecular weight is 421 g/mol. The van der Waals surface area contributed by atoms with Gasteiger partial charge in [-0.2, -0.15) is 5.10 Å². The molecule has 4 rings (SSSR count). The number of hydrogen-bond donors (Lipinski definition) is 1. The zero-order valence-electron chi connectivity index (χ0n) is 17.5. The SMILES string of the molecule is COc1cccc(-c2cc3c(=O)n(C[C@@H](O)c4ccc(OC)c(OC)c4)ccn3n2)c1. The highest BCUT2D eigenvalue weighted by Crippen LogP contribution is 2.30. The molecule has 0 saturated carbocycles. The minimum absolute atomic E-state index is 0.0878. The number of fused-ring (bicyclic) bond motifs is 1. The quantitative estimate of drug-likeness (QED) is 0.494. The molecule has 0 saturated heterocycles. The van der Waals surface area contributed by atoms with Crippen molar-refractivity contribution >= 4 is 5.52 Å². The molecule has 0 aliphatic rings. The Labute approximate surface area is 178 Å². The van der Waals surface area contributed by atoms with E-state index in [2.05, 4.69) is 5.10 Å². The number of methoxy groups -OCH3 is 3. The summed E-state index contributed by atoms with van der Waals surface area (Å²) in [7, 11) is 4.69. The van der Waals surface area contributed by atoms with Gasteiger partial charge in [0.15, 0.2) is 11.5 Å². The summed E-state index contributed by atoms with van der Waals surface area (Å²) >= 11 is 0. The van der Waals surface area contributed by atoms with E-state index >= 15 is 0 Å². The maximum Gasteiger partial charge on any atom is 0.276 e. The van der Waals surface area contributed by atoms with Gasteiger partial charge in [-0.15, -0.1) is 0 Å². The lowest BCUT2D eigenvalue weighted by Gasteiger charge is -2.15. The molecule has 4 aromatic rings. The van der Waals surface area contributed by atoms with Crippen LogP contribution in [0.3, 0.4) is 0 Å². The van der Waals surface area contributed by atoms with E-state index in [4.69, 9.17) is 14.2 Å². The van der Waals surface area contributed by atoms with Crippen molar-refractivity contribution < 1.29 is 19.3 Å². The van der Waals surface area contributed by atoms with Crippen LogP contribution in [0.4, 0.5) is 0 Å². The summed E-state index contributed by atoms with van der Waals surface area (Å²) in [5.41, 5.74) is 2.30. The zero-order valence-corrected chi connectivity index (χ0v) is 17.5. The molecule has 31 heavy (non-hydrogen) atoms. The van der Waals surface area contributed by atoms with Crippen LogP contribution in [0.25, 0.3) is 16.8 Å². The lowest BCUT2D eigenvalue weighted by atomic mass is 10.1. The summed E-state index contributed by atoms with van der Waals surface area (Å²) in [5.74, 6) is 1.80. The Kier molecular flexibility index (Phi) is 5.64. The molecule has 2 aromatic heterocycles. The van der Waals surface area contributed by atoms with Gasteiger partial charge in [0.05, 0.1) is 39.7 Å². The second-order valence-electron chi connectivity index (χ2n) is 6.98. The molecule has 0 bridgehead atoms. The van der Waals surface area contributed by atoms with Crippen LogP contribution in [0.5, 0.6) is 17.2 Å². The Morgan fingerprint density at radius 1 is 0.968 bits per heavy atom. The first-order valence-electron chi connectivity index (χ1n) is 9.67. The fourth-order valence-corrected chi connectivity index (χ4v) is 3.45. The van der Waals surface area contributed by atoms with Gasteiger partial charge in [-0.1, -0.05) is 18.2 Å². The van der Waals surface area contributed by atoms with E-state index in [9.17, 15) is 9.90 Å². The molecule has 160 valence electrons. The third-order valence-corrected chi connectivity index (χ3v) is 5.13. The smallest absolute Gasteiger partial charge is 0.276 e. The molecule has 8 nitrogen and oxygen atoms in total. The standard InChI is InChI=1S/C23H23N3O5/c1-29-17-6-4-5-15(11-17)18-13-19-23(28)25(9-10-26(19)24-18)14-20(27)16-7-8-21(30-2)22(12-16)31-3/h4-13,20,27H,14H2,1-3H3/t20-/m1/s1. The Morgan fingerprint density at radius 3 is 2.52 bits per heavy atom. The summed E-state index contributed by atoms with van der Waals surface area (Å²) < 4.78 is 18.8. The molecular formula is C23H23N3O5. The second-order valence-corrected chi connectivity index (χ2v) is 6.98. The number of aliphatic hydroxyl groups is 1. The van der Waals surface area contributed by atoms with E-state index in [1.807, 2.05) is 24.3 Å². The maximum atomic E-state index is 13.0. The predicted molar refractivity (Wildman–Crippen MR) is 116 cm³/mol. The molecule has 0 aliphatic heterocycles. The number of aromatic nitrogens is 3. The fraction of sp³-hybridized carbons (Fsp3) is 0.217. The molecule has 0 radical (unpaired) electrons. The Balaban J connectivity index is 1.64. The van der Waals surface area contributed by atoms with Crippen molar-refractivity contribution in [3.63, 3.8) is 0 Å². The highest BCUT2D eigenvalue weighted by Gasteiger charge is 2.15. The monoisotopic (exact) mass is 421 g/mol. The molecule has 0 spiro atoms. The van der Waals surface area contributed by atoms with Gasteiger partial charge in [0.2, 0.25) is 0 Å². The zero-order chi connectivity index (χ0) is 22.0. The van der Waals surface area contributed by atoms with Crippen LogP contribution in [0.1, 0.15) is 11.7 Å². The summed E-state index contributed by atoms with van der Waals surface area (Å²) in [5, 5.41) is 15.2. The van der Waals surface area contributed by atoms with Gasteiger partial charge in [0.25, 0.3) is 5.56 Å². The van der Waals surface area contributed by atoms with Gasteiger partial charge in [0.1, 0.15) is 11.3 Å². The van der Waals surface area contributed by atoms with Crippen molar-refractivity contribution in [1.29, 1.82) is 0 Å². The van der Waals surface area contributed by atoms with E-state index in [1.54, 1.807) is 50.9 Å². The van der Waals surface area contributed by atoms with Crippen LogP contribution >= 0.6 is 0 Å². The average Bonchev–Trinajstić information content (AvgIpc) is 3.25. The molecule has 2 heterocycles. The van der Waals surface area contributed by atoms with Crippen molar-refractivity contribution in [1.82, 2.24) is 14.2 Å². The van der Waals surface area contributed by atoms with Crippen LogP contribution in [0.15, 0.2) is 65.7 Å². The van der Waals surface area contributed by atoms with Gasteiger partial charge < -0.3 is 23.9 Å². The summed E-state index contributed by atoms with van der Waals surface area (Å²) in [4.78, 5) is 13.0. The van der Waals surface area contributed by atoms with Crippen molar-refractivity contribution in [2.75, 3.05) is 21.3 Å². The number of rotatable bonds is 7. The highest BCUT2D eigenvalue weighted by molar-refractivity contribution is 5.66. The topological polar surface area (TPSA) is 87.2 Å². The number of benzene rings is 2. The minimum Gasteiger partial charge on any atom is -0.497 e. The molecule has 0 fully saturated rings. The summed E-state index contributed by atoms with van der Waals surface area (Å²) in [6.45, 7) is 0.0878. The lowest BCUT2D eigenvalue weighted by Crippen LogP contribution is -2.24. The molecule has 1 atom stereocenters. The first-order valence-corrected chi connectivity index (χ1v) is 9.67. The molecule has 8 heteroatoms. The first-order chi connectivity index (χ1) is 15.0. The van der Waals surface area contributed by atoms with Crippen molar-refractivity contribution in [3.05, 3.63) is 76.8 Å². The van der Waals surface area contributed by atoms with Crippen molar-refractivity contribution in [2.45, 2.75) is 12.6 Å². The Bertz CT molecular complexity index is 1280. The van der Waals surface area contributed by atoms with Crippen molar-refractivity contribution in [3.8, 4) is 28.5 Å². The number of nitrogens with zero attached hydrogens (tertiary/aromatic N) is 3. The van der Waals surface area contributed by atoms with Crippen LogP contribution in [-0.4, -0.2) is 40.6 Å². The van der Waals surface area contributed by atoms with E-state index in [-0.39, 0.29) is 12.1 Å². The van der Waals surface area contributed by atoms with Crippen LogP contribution in [0, 0.1) is 0 Å². The summed E-state index contributed by atoms with van der Waals surface area (Å²) in [6.07, 6.45) is 2.41. The second kappa shape index (κ2) is 8.53. The molecule has 1 N–H and O–H groups in total. The summed E-state index contributed by atoms with van der Waals surface area (Å²) in [6, 6.07) is 14.4. The van der Waals surface area contributed by atoms with Crippen LogP contribution in [0.2, 0.25) is 0 Å². The van der Waals surface area contributed by atoms with E-state index in [0.717, 1.165) is 5.56 Å². The number of hydrogen-bond acceptors (Lipinski definition) is 6. The molecule has 2 aromatic carbocycles. The van der Waals surface area contributed by atoms with Gasteiger partial charge in [-0.05, 0) is 35.9 Å². The third kappa shape index (κ3) is 3.97.